The number of carboxylic acid groups (broad SMARTS) is 1. The number of aromatic nitrogens is 1. The van der Waals surface area contributed by atoms with Crippen LogP contribution in [-0.2, 0) is 4.79 Å². The van der Waals surface area contributed by atoms with Crippen LogP contribution in [0.1, 0.15) is 37.7 Å². The Hall–Kier alpha value is -2.81. The molecule has 8 nitrogen and oxygen atoms in total. The van der Waals surface area contributed by atoms with Gasteiger partial charge >= 0.3 is 5.97 Å². The fourth-order valence-corrected chi connectivity index (χ4v) is 3.07. The molecule has 1 atom stereocenters. The standard InChI is InChI=1S/C17H19N3O5S/c1-10(2)17(3,8-14(21)22)19-15(23)13-9-26-16(18-13)11-4-6-12(7-5-11)20(24)25/h4-7,9-10H,8H2,1-3H3,(H,19,23)(H,21,22). The molecule has 0 aliphatic heterocycles. The highest BCUT2D eigenvalue weighted by Crippen LogP contribution is 2.27. The van der Waals surface area contributed by atoms with Crippen LogP contribution < -0.4 is 5.32 Å². The smallest absolute Gasteiger partial charge is 0.305 e. The molecule has 0 radical (unpaired) electrons. The number of nitro benzene ring substituents is 1. The topological polar surface area (TPSA) is 122 Å². The highest BCUT2D eigenvalue weighted by atomic mass is 32.1. The second-order valence-electron chi connectivity index (χ2n) is 6.44. The van der Waals surface area contributed by atoms with Gasteiger partial charge in [-0.1, -0.05) is 13.8 Å². The summed E-state index contributed by atoms with van der Waals surface area (Å²) >= 11 is 1.24. The summed E-state index contributed by atoms with van der Waals surface area (Å²) in [6, 6.07) is 5.89. The summed E-state index contributed by atoms with van der Waals surface area (Å²) in [4.78, 5) is 38.1. The van der Waals surface area contributed by atoms with E-state index >= 15 is 0 Å². The van der Waals surface area contributed by atoms with Crippen molar-refractivity contribution in [2.24, 2.45) is 5.92 Å². The zero-order valence-corrected chi connectivity index (χ0v) is 15.4. The first-order valence-corrected chi connectivity index (χ1v) is 8.75. The number of hydrogen-bond donors (Lipinski definition) is 2. The molecule has 0 aliphatic carbocycles. The van der Waals surface area contributed by atoms with Gasteiger partial charge in [-0.3, -0.25) is 19.7 Å². The monoisotopic (exact) mass is 377 g/mol. The minimum absolute atomic E-state index is 0.0235. The van der Waals surface area contributed by atoms with Crippen molar-refractivity contribution in [1.82, 2.24) is 10.3 Å². The predicted molar refractivity (Wildman–Crippen MR) is 97.2 cm³/mol. The summed E-state index contributed by atoms with van der Waals surface area (Å²) in [5.74, 6) is -1.53. The van der Waals surface area contributed by atoms with E-state index in [1.54, 1.807) is 24.4 Å². The lowest BCUT2D eigenvalue weighted by Crippen LogP contribution is -2.51. The Labute approximate surface area is 154 Å². The second-order valence-corrected chi connectivity index (χ2v) is 7.30. The number of aliphatic carboxylic acids is 1. The van der Waals surface area contributed by atoms with E-state index in [0.717, 1.165) is 0 Å². The van der Waals surface area contributed by atoms with Crippen LogP contribution in [-0.4, -0.2) is 32.4 Å². The second kappa shape index (κ2) is 7.61. The first kappa shape index (κ1) is 19.5. The van der Waals surface area contributed by atoms with Gasteiger partial charge in [0.1, 0.15) is 10.7 Å². The van der Waals surface area contributed by atoms with Crippen molar-refractivity contribution in [3.63, 3.8) is 0 Å². The molecule has 1 aromatic heterocycles. The van der Waals surface area contributed by atoms with Crippen molar-refractivity contribution in [3.8, 4) is 10.6 Å². The first-order chi connectivity index (χ1) is 12.1. The summed E-state index contributed by atoms with van der Waals surface area (Å²) in [5, 5.41) is 24.7. The molecule has 9 heteroatoms. The number of hydrogen-bond acceptors (Lipinski definition) is 6. The molecule has 1 heterocycles. The molecule has 2 aromatic rings. The summed E-state index contributed by atoms with van der Waals surface area (Å²) in [5.41, 5.74) is -0.0814. The Kier molecular flexibility index (Phi) is 5.71. The molecule has 2 N–H and O–H groups in total. The van der Waals surface area contributed by atoms with E-state index in [1.165, 1.54) is 23.5 Å². The van der Waals surface area contributed by atoms with E-state index in [-0.39, 0.29) is 23.7 Å². The van der Waals surface area contributed by atoms with E-state index in [0.29, 0.717) is 10.6 Å². The predicted octanol–water partition coefficient (Wildman–Crippen LogP) is 3.34. The van der Waals surface area contributed by atoms with Crippen LogP contribution in [0.25, 0.3) is 10.6 Å². The number of carbonyl (C=O) groups is 2. The number of carboxylic acids is 1. The number of non-ortho nitro benzene ring substituents is 1. The number of rotatable bonds is 7. The number of thiazole rings is 1. The maximum atomic E-state index is 12.5. The average molecular weight is 377 g/mol. The van der Waals surface area contributed by atoms with E-state index in [9.17, 15) is 19.7 Å². The SMILES string of the molecule is CC(C)C(C)(CC(=O)O)NC(=O)c1csc(-c2ccc([N+](=O)[O-])cc2)n1. The molecule has 2 rings (SSSR count). The van der Waals surface area contributed by atoms with Gasteiger partial charge in [0.05, 0.1) is 16.9 Å². The van der Waals surface area contributed by atoms with Crippen LogP contribution in [0.5, 0.6) is 0 Å². The van der Waals surface area contributed by atoms with Crippen molar-refractivity contribution >= 4 is 28.9 Å². The van der Waals surface area contributed by atoms with Gasteiger partial charge in [0, 0.05) is 23.1 Å². The molecule has 1 aromatic carbocycles. The number of nitro groups is 1. The van der Waals surface area contributed by atoms with Gasteiger partial charge in [-0.15, -0.1) is 11.3 Å². The Balaban J connectivity index is 2.19. The third-order valence-electron chi connectivity index (χ3n) is 4.25. The van der Waals surface area contributed by atoms with Gasteiger partial charge in [0.15, 0.2) is 0 Å². The van der Waals surface area contributed by atoms with Gasteiger partial charge in [-0.2, -0.15) is 0 Å². The quantitative estimate of drug-likeness (QED) is 0.563. The van der Waals surface area contributed by atoms with Gasteiger partial charge < -0.3 is 10.4 Å². The molecular formula is C17H19N3O5S. The van der Waals surface area contributed by atoms with Crippen molar-refractivity contribution in [2.45, 2.75) is 32.7 Å². The minimum Gasteiger partial charge on any atom is -0.481 e. The normalized spacial score (nSPS) is 13.2. The highest BCUT2D eigenvalue weighted by Gasteiger charge is 2.33. The number of amides is 1. The molecule has 0 spiro atoms. The van der Waals surface area contributed by atoms with E-state index < -0.39 is 22.3 Å². The zero-order chi connectivity index (χ0) is 19.5. The van der Waals surface area contributed by atoms with E-state index in [1.807, 2.05) is 13.8 Å². The third kappa shape index (κ3) is 4.42. The molecule has 0 saturated carbocycles. The fraction of sp³-hybridized carbons (Fsp3) is 0.353. The summed E-state index contributed by atoms with van der Waals surface area (Å²) < 4.78 is 0. The van der Waals surface area contributed by atoms with Gasteiger partial charge in [-0.25, -0.2) is 4.98 Å². The molecule has 1 amide bonds. The summed E-state index contributed by atoms with van der Waals surface area (Å²) in [6.45, 7) is 5.37. The molecule has 0 aliphatic rings. The van der Waals surface area contributed by atoms with Gasteiger partial charge in [0.2, 0.25) is 0 Å². The Morgan fingerprint density at radius 1 is 1.35 bits per heavy atom. The maximum Gasteiger partial charge on any atom is 0.305 e. The molecule has 138 valence electrons. The van der Waals surface area contributed by atoms with Crippen LogP contribution in [0.2, 0.25) is 0 Å². The molecule has 1 unspecified atom stereocenters. The van der Waals surface area contributed by atoms with Crippen LogP contribution in [0.3, 0.4) is 0 Å². The van der Waals surface area contributed by atoms with Crippen LogP contribution >= 0.6 is 11.3 Å². The Bertz CT molecular complexity index is 831. The molecule has 0 saturated heterocycles. The highest BCUT2D eigenvalue weighted by molar-refractivity contribution is 7.13. The molecule has 0 bridgehead atoms. The van der Waals surface area contributed by atoms with E-state index in [2.05, 4.69) is 10.3 Å². The van der Waals surface area contributed by atoms with Crippen LogP contribution in [0.4, 0.5) is 5.69 Å². The average Bonchev–Trinajstić information content (AvgIpc) is 3.04. The first-order valence-electron chi connectivity index (χ1n) is 7.87. The summed E-state index contributed by atoms with van der Waals surface area (Å²) in [6.07, 6.45) is -0.199. The van der Waals surface area contributed by atoms with Crippen molar-refractivity contribution in [3.05, 3.63) is 45.5 Å². The Morgan fingerprint density at radius 2 is 1.96 bits per heavy atom. The Morgan fingerprint density at radius 3 is 2.46 bits per heavy atom. The van der Waals surface area contributed by atoms with Crippen molar-refractivity contribution < 1.29 is 19.6 Å². The maximum absolute atomic E-state index is 12.5. The number of nitrogens with one attached hydrogen (secondary N) is 1. The number of carbonyl (C=O) groups excluding carboxylic acids is 1. The third-order valence-corrected chi connectivity index (χ3v) is 5.15. The zero-order valence-electron chi connectivity index (χ0n) is 14.6. The lowest BCUT2D eigenvalue weighted by molar-refractivity contribution is -0.384. The lowest BCUT2D eigenvalue weighted by Gasteiger charge is -2.33. The van der Waals surface area contributed by atoms with Crippen LogP contribution in [0.15, 0.2) is 29.6 Å². The largest absolute Gasteiger partial charge is 0.481 e. The molecule has 26 heavy (non-hydrogen) atoms. The van der Waals surface area contributed by atoms with Gasteiger partial charge in [0.25, 0.3) is 11.6 Å². The number of benzene rings is 1. The summed E-state index contributed by atoms with van der Waals surface area (Å²) in [7, 11) is 0. The number of nitrogens with zero attached hydrogens (tertiary/aromatic N) is 2. The lowest BCUT2D eigenvalue weighted by atomic mass is 9.85. The van der Waals surface area contributed by atoms with E-state index in [4.69, 9.17) is 5.11 Å². The molecular weight excluding hydrogens is 358 g/mol. The van der Waals surface area contributed by atoms with Crippen molar-refractivity contribution in [1.29, 1.82) is 0 Å². The minimum atomic E-state index is -0.994. The molecule has 0 fully saturated rings. The fourth-order valence-electron chi connectivity index (χ4n) is 2.27. The van der Waals surface area contributed by atoms with Crippen molar-refractivity contribution in [2.75, 3.05) is 0 Å². The van der Waals surface area contributed by atoms with Gasteiger partial charge in [-0.05, 0) is 25.0 Å². The van der Waals surface area contributed by atoms with Crippen LogP contribution in [0, 0.1) is 16.0 Å².